The number of hydrogen-bond donors (Lipinski definition) is 0. The molecule has 8 nitrogen and oxygen atoms in total. The van der Waals surface area contributed by atoms with Crippen LogP contribution in [0.2, 0.25) is 0 Å². The number of aryl methyl sites for hydroxylation is 2. The largest absolute Gasteiger partial charge is 0.426 e. The summed E-state index contributed by atoms with van der Waals surface area (Å²) in [6.07, 6.45) is 0.551. The van der Waals surface area contributed by atoms with Crippen molar-refractivity contribution < 1.29 is 22.7 Å². The molecule has 0 bridgehead atoms. The molecule has 35 heavy (non-hydrogen) atoms. The Labute approximate surface area is 204 Å². The van der Waals surface area contributed by atoms with Gasteiger partial charge >= 0.3 is 5.97 Å². The molecule has 1 aliphatic rings. The van der Waals surface area contributed by atoms with Gasteiger partial charge in [-0.05, 0) is 48.0 Å². The highest BCUT2D eigenvalue weighted by molar-refractivity contribution is 7.89. The van der Waals surface area contributed by atoms with Crippen molar-refractivity contribution in [3.05, 3.63) is 66.5 Å². The first-order valence-electron chi connectivity index (χ1n) is 11.7. The van der Waals surface area contributed by atoms with Crippen LogP contribution in [0.3, 0.4) is 0 Å². The predicted octanol–water partition coefficient (Wildman–Crippen LogP) is 3.77. The summed E-state index contributed by atoms with van der Waals surface area (Å²) in [6.45, 7) is 4.12. The second-order valence-electron chi connectivity index (χ2n) is 8.42. The van der Waals surface area contributed by atoms with E-state index < -0.39 is 10.0 Å². The van der Waals surface area contributed by atoms with Crippen molar-refractivity contribution in [3.8, 4) is 5.75 Å². The van der Waals surface area contributed by atoms with Gasteiger partial charge in [0.2, 0.25) is 10.0 Å². The number of hydrogen-bond acceptors (Lipinski definition) is 6. The molecule has 0 N–H and O–H groups in total. The molecule has 1 fully saturated rings. The molecule has 182 valence electrons. The number of nitrogens with zero attached hydrogens (tertiary/aromatic N) is 3. The molecule has 1 aliphatic heterocycles. The summed E-state index contributed by atoms with van der Waals surface area (Å²) in [6, 6.07) is 18.5. The van der Waals surface area contributed by atoms with Crippen molar-refractivity contribution in [3.63, 3.8) is 0 Å². The molecule has 0 saturated carbocycles. The highest BCUT2D eigenvalue weighted by Gasteiger charge is 2.27. The van der Waals surface area contributed by atoms with Crippen LogP contribution in [0.15, 0.2) is 65.6 Å². The van der Waals surface area contributed by atoms with Gasteiger partial charge in [0, 0.05) is 26.1 Å². The molecular weight excluding hydrogens is 466 g/mol. The summed E-state index contributed by atoms with van der Waals surface area (Å²) in [5.74, 6) is 0.889. The molecule has 0 unspecified atom stereocenters. The minimum Gasteiger partial charge on any atom is -0.426 e. The fourth-order valence-corrected chi connectivity index (χ4v) is 5.86. The molecule has 1 aromatic heterocycles. The first kappa shape index (κ1) is 23.5. The molecule has 1 saturated heterocycles. The Kier molecular flexibility index (Phi) is 6.55. The maximum absolute atomic E-state index is 13.0. The Hall–Kier alpha value is -3.27. The Bertz CT molecular complexity index is 1490. The average Bonchev–Trinajstić information content (AvgIpc) is 3.24. The van der Waals surface area contributed by atoms with Crippen LogP contribution < -0.4 is 4.74 Å². The number of benzene rings is 3. The van der Waals surface area contributed by atoms with Crippen LogP contribution in [0.4, 0.5) is 0 Å². The van der Waals surface area contributed by atoms with Gasteiger partial charge in [-0.1, -0.05) is 30.3 Å². The molecular formula is C26H27N3O5S. The minimum absolute atomic E-state index is 0.162. The molecule has 0 radical (unpaired) electrons. The van der Waals surface area contributed by atoms with Gasteiger partial charge < -0.3 is 14.0 Å². The number of fused-ring (bicyclic) bond motifs is 2. The van der Waals surface area contributed by atoms with Crippen molar-refractivity contribution in [2.24, 2.45) is 0 Å². The summed E-state index contributed by atoms with van der Waals surface area (Å²) in [5, 5.41) is 2.09. The Morgan fingerprint density at radius 1 is 1.03 bits per heavy atom. The molecule has 5 rings (SSSR count). The van der Waals surface area contributed by atoms with Gasteiger partial charge in [-0.3, -0.25) is 4.79 Å². The summed E-state index contributed by atoms with van der Waals surface area (Å²) in [4.78, 5) is 17.4. The van der Waals surface area contributed by atoms with E-state index >= 15 is 0 Å². The molecule has 0 aliphatic carbocycles. The fourth-order valence-electron chi connectivity index (χ4n) is 4.43. The Morgan fingerprint density at radius 3 is 2.57 bits per heavy atom. The lowest BCUT2D eigenvalue weighted by Crippen LogP contribution is -2.40. The number of morpholine rings is 1. The topological polar surface area (TPSA) is 90.7 Å². The lowest BCUT2D eigenvalue weighted by molar-refractivity contribution is -0.134. The average molecular weight is 494 g/mol. The highest BCUT2D eigenvalue weighted by Crippen LogP contribution is 2.25. The van der Waals surface area contributed by atoms with E-state index in [1.807, 2.05) is 47.9 Å². The zero-order valence-electron chi connectivity index (χ0n) is 19.5. The van der Waals surface area contributed by atoms with Crippen molar-refractivity contribution in [2.45, 2.75) is 31.2 Å². The molecule has 0 amide bonds. The first-order chi connectivity index (χ1) is 17.0. The monoisotopic (exact) mass is 493 g/mol. The van der Waals surface area contributed by atoms with E-state index in [0.717, 1.165) is 22.1 Å². The Balaban J connectivity index is 1.32. The zero-order chi connectivity index (χ0) is 24.4. The minimum atomic E-state index is -3.61. The number of carbonyl (C=O) groups is 1. The lowest BCUT2D eigenvalue weighted by Gasteiger charge is -2.26. The molecule has 3 aromatic carbocycles. The standard InChI is InChI=1S/C26H27N3O5S/c1-2-29-24-10-9-22(35(31,32)28-13-15-33-16-14-28)18-23(24)27-25(29)11-12-26(30)34-21-8-7-19-5-3-4-6-20(19)17-21/h3-10,17-18H,2,11-16H2,1H3. The fraction of sp³-hybridized carbons (Fsp3) is 0.308. The molecule has 9 heteroatoms. The van der Waals surface area contributed by atoms with Gasteiger partial charge in [0.05, 0.1) is 35.6 Å². The van der Waals surface area contributed by atoms with E-state index in [1.54, 1.807) is 24.3 Å². The quantitative estimate of drug-likeness (QED) is 0.288. The van der Waals surface area contributed by atoms with Crippen LogP contribution >= 0.6 is 0 Å². The smallest absolute Gasteiger partial charge is 0.311 e. The summed E-state index contributed by atoms with van der Waals surface area (Å²) >= 11 is 0. The first-order valence-corrected chi connectivity index (χ1v) is 13.2. The van der Waals surface area contributed by atoms with Crippen LogP contribution in [-0.2, 0) is 32.5 Å². The van der Waals surface area contributed by atoms with E-state index in [-0.39, 0.29) is 17.3 Å². The maximum Gasteiger partial charge on any atom is 0.311 e. The van der Waals surface area contributed by atoms with Gasteiger partial charge in [-0.25, -0.2) is 13.4 Å². The van der Waals surface area contributed by atoms with Gasteiger partial charge in [-0.15, -0.1) is 0 Å². The van der Waals surface area contributed by atoms with Crippen LogP contribution in [0.25, 0.3) is 21.8 Å². The van der Waals surface area contributed by atoms with Crippen molar-refractivity contribution in [2.75, 3.05) is 26.3 Å². The van der Waals surface area contributed by atoms with Gasteiger partial charge in [-0.2, -0.15) is 4.31 Å². The number of ether oxygens (including phenoxy) is 2. The van der Waals surface area contributed by atoms with E-state index in [2.05, 4.69) is 4.98 Å². The van der Waals surface area contributed by atoms with Crippen LogP contribution in [-0.4, -0.2) is 54.5 Å². The van der Waals surface area contributed by atoms with Gasteiger partial charge in [0.25, 0.3) is 0 Å². The molecule has 4 aromatic rings. The van der Waals surface area contributed by atoms with Crippen LogP contribution in [0.1, 0.15) is 19.2 Å². The Morgan fingerprint density at radius 2 is 1.80 bits per heavy atom. The van der Waals surface area contributed by atoms with Crippen LogP contribution in [0, 0.1) is 0 Å². The predicted molar refractivity (Wildman–Crippen MR) is 133 cm³/mol. The summed E-state index contributed by atoms with van der Waals surface area (Å²) in [5.41, 5.74) is 1.44. The van der Waals surface area contributed by atoms with Gasteiger partial charge in [0.15, 0.2) is 0 Å². The number of imidazole rings is 1. The van der Waals surface area contributed by atoms with E-state index in [4.69, 9.17) is 9.47 Å². The number of carbonyl (C=O) groups excluding carboxylic acids is 1. The second-order valence-corrected chi connectivity index (χ2v) is 10.4. The third-order valence-corrected chi connectivity index (χ3v) is 8.12. The molecule has 0 atom stereocenters. The summed E-state index contributed by atoms with van der Waals surface area (Å²) < 4.78 is 40.4. The van der Waals surface area contributed by atoms with E-state index in [9.17, 15) is 13.2 Å². The maximum atomic E-state index is 13.0. The van der Waals surface area contributed by atoms with Crippen molar-refractivity contribution >= 4 is 37.8 Å². The van der Waals surface area contributed by atoms with E-state index in [0.29, 0.717) is 50.5 Å². The number of esters is 1. The van der Waals surface area contributed by atoms with Crippen molar-refractivity contribution in [1.82, 2.24) is 13.9 Å². The lowest BCUT2D eigenvalue weighted by atomic mass is 10.1. The molecule has 2 heterocycles. The SMILES string of the molecule is CCn1c(CCC(=O)Oc2ccc3ccccc3c2)nc2cc(S(=O)(=O)N3CCOCC3)ccc21. The normalized spacial score (nSPS) is 15.0. The van der Waals surface area contributed by atoms with Crippen molar-refractivity contribution in [1.29, 1.82) is 0 Å². The summed E-state index contributed by atoms with van der Waals surface area (Å²) in [7, 11) is -3.61. The highest BCUT2D eigenvalue weighted by atomic mass is 32.2. The van der Waals surface area contributed by atoms with E-state index in [1.165, 1.54) is 4.31 Å². The second kappa shape index (κ2) is 9.77. The number of sulfonamides is 1. The molecule has 0 spiro atoms. The number of aromatic nitrogens is 2. The number of rotatable bonds is 7. The van der Waals surface area contributed by atoms with Crippen LogP contribution in [0.5, 0.6) is 5.75 Å². The zero-order valence-corrected chi connectivity index (χ0v) is 20.3. The third kappa shape index (κ3) is 4.80. The third-order valence-electron chi connectivity index (χ3n) is 6.23. The van der Waals surface area contributed by atoms with Gasteiger partial charge in [0.1, 0.15) is 11.6 Å².